The average molecular weight is 429 g/mol. The minimum Gasteiger partial charge on any atom is -0.489 e. The van der Waals surface area contributed by atoms with Crippen molar-refractivity contribution in [2.75, 3.05) is 6.61 Å². The lowest BCUT2D eigenvalue weighted by Crippen LogP contribution is -2.51. The molecule has 5 rings (SSSR count). The Morgan fingerprint density at radius 2 is 1.88 bits per heavy atom. The van der Waals surface area contributed by atoms with Crippen molar-refractivity contribution in [1.82, 2.24) is 20.6 Å². The van der Waals surface area contributed by atoms with Gasteiger partial charge >= 0.3 is 0 Å². The van der Waals surface area contributed by atoms with Crippen molar-refractivity contribution in [3.05, 3.63) is 95.3 Å². The average Bonchev–Trinajstić information content (AvgIpc) is 3.39. The van der Waals surface area contributed by atoms with E-state index >= 15 is 0 Å². The van der Waals surface area contributed by atoms with Gasteiger partial charge in [0.15, 0.2) is 17.3 Å². The molecule has 4 aromatic rings. The third-order valence-electron chi connectivity index (χ3n) is 5.04. The molecule has 32 heavy (non-hydrogen) atoms. The van der Waals surface area contributed by atoms with Crippen LogP contribution in [0, 0.1) is 0 Å². The van der Waals surface area contributed by atoms with Crippen molar-refractivity contribution in [3.8, 4) is 17.2 Å². The molecule has 0 radical (unpaired) electrons. The third kappa shape index (κ3) is 3.77. The van der Waals surface area contributed by atoms with Crippen LogP contribution in [-0.4, -0.2) is 33.0 Å². The molecule has 2 heterocycles. The van der Waals surface area contributed by atoms with Gasteiger partial charge in [-0.1, -0.05) is 36.4 Å². The SMILES string of the molecule is NC1(c2nn[nH]n2)COc2cccc(C(=O)c3ccc(OCc4ccccc4)cc3)c2O1. The van der Waals surface area contributed by atoms with Crippen LogP contribution in [0.25, 0.3) is 0 Å². The number of ketones is 1. The van der Waals surface area contributed by atoms with Crippen molar-refractivity contribution in [2.45, 2.75) is 12.3 Å². The zero-order valence-electron chi connectivity index (χ0n) is 16.9. The van der Waals surface area contributed by atoms with E-state index in [1.54, 1.807) is 42.5 Å². The van der Waals surface area contributed by atoms with Gasteiger partial charge in [-0.3, -0.25) is 10.5 Å². The molecule has 160 valence electrons. The highest BCUT2D eigenvalue weighted by Crippen LogP contribution is 2.40. The fourth-order valence-electron chi connectivity index (χ4n) is 3.36. The molecular formula is C23H19N5O4. The van der Waals surface area contributed by atoms with Crippen molar-refractivity contribution in [3.63, 3.8) is 0 Å². The molecule has 3 aromatic carbocycles. The van der Waals surface area contributed by atoms with Crippen LogP contribution in [-0.2, 0) is 12.3 Å². The minimum absolute atomic E-state index is 0.0232. The highest BCUT2D eigenvalue weighted by Gasteiger charge is 2.41. The van der Waals surface area contributed by atoms with E-state index in [2.05, 4.69) is 20.6 Å². The molecule has 0 saturated carbocycles. The van der Waals surface area contributed by atoms with E-state index in [9.17, 15) is 4.79 Å². The summed E-state index contributed by atoms with van der Waals surface area (Å²) in [5.74, 6) is 1.21. The first-order chi connectivity index (χ1) is 15.6. The van der Waals surface area contributed by atoms with Crippen LogP contribution < -0.4 is 19.9 Å². The molecule has 9 heteroatoms. The number of benzene rings is 3. The number of aromatic amines is 1. The summed E-state index contributed by atoms with van der Waals surface area (Å²) in [4.78, 5) is 13.2. The number of H-pyrrole nitrogens is 1. The van der Waals surface area contributed by atoms with E-state index < -0.39 is 5.72 Å². The van der Waals surface area contributed by atoms with E-state index in [1.165, 1.54) is 0 Å². The van der Waals surface area contributed by atoms with Gasteiger partial charge in [-0.2, -0.15) is 5.21 Å². The third-order valence-corrected chi connectivity index (χ3v) is 5.04. The monoisotopic (exact) mass is 429 g/mol. The summed E-state index contributed by atoms with van der Waals surface area (Å²) in [6, 6.07) is 21.9. The Hall–Kier alpha value is -4.24. The number of para-hydroxylation sites is 1. The van der Waals surface area contributed by atoms with Gasteiger partial charge in [0.2, 0.25) is 5.82 Å². The number of nitrogens with two attached hydrogens (primary N) is 1. The Kier molecular flexibility index (Phi) is 5.00. The second kappa shape index (κ2) is 8.12. The fourth-order valence-corrected chi connectivity index (χ4v) is 3.36. The Morgan fingerprint density at radius 1 is 1.06 bits per heavy atom. The second-order valence-electron chi connectivity index (χ2n) is 7.28. The predicted molar refractivity (Wildman–Crippen MR) is 113 cm³/mol. The van der Waals surface area contributed by atoms with Crippen LogP contribution in [0.5, 0.6) is 17.2 Å². The molecule has 0 saturated heterocycles. The molecule has 9 nitrogen and oxygen atoms in total. The Bertz CT molecular complexity index is 1230. The van der Waals surface area contributed by atoms with Gasteiger partial charge < -0.3 is 14.2 Å². The van der Waals surface area contributed by atoms with Crippen LogP contribution >= 0.6 is 0 Å². The topological polar surface area (TPSA) is 125 Å². The van der Waals surface area contributed by atoms with Gasteiger partial charge in [-0.05, 0) is 47.2 Å². The summed E-state index contributed by atoms with van der Waals surface area (Å²) in [7, 11) is 0. The molecule has 1 aromatic heterocycles. The van der Waals surface area contributed by atoms with Gasteiger partial charge in [-0.25, -0.2) is 0 Å². The summed E-state index contributed by atoms with van der Waals surface area (Å²) >= 11 is 0. The number of hydrogen-bond acceptors (Lipinski definition) is 8. The maximum Gasteiger partial charge on any atom is 0.257 e. The van der Waals surface area contributed by atoms with Gasteiger partial charge in [0, 0.05) is 5.56 Å². The number of carbonyl (C=O) groups is 1. The molecule has 1 unspecified atom stereocenters. The normalized spacial score (nSPS) is 17.0. The number of tetrazole rings is 1. The molecule has 0 spiro atoms. The van der Waals surface area contributed by atoms with E-state index in [0.29, 0.717) is 29.2 Å². The van der Waals surface area contributed by atoms with Crippen LogP contribution in [0.4, 0.5) is 0 Å². The summed E-state index contributed by atoms with van der Waals surface area (Å²) < 4.78 is 17.5. The number of carbonyl (C=O) groups excluding carboxylic acids is 1. The number of nitrogens with one attached hydrogen (secondary N) is 1. The van der Waals surface area contributed by atoms with Gasteiger partial charge in [0.05, 0.1) is 5.56 Å². The zero-order valence-corrected chi connectivity index (χ0v) is 16.9. The standard InChI is InChI=1S/C23H19N5O4/c24-23(22-25-27-28-26-22)14-31-19-8-4-7-18(21(19)32-23)20(29)16-9-11-17(12-10-16)30-13-15-5-2-1-3-6-15/h1-12H,13-14,24H2,(H,25,26,27,28). The number of nitrogens with zero attached hydrogens (tertiary/aromatic N) is 3. The summed E-state index contributed by atoms with van der Waals surface area (Å²) in [5, 5.41) is 13.6. The number of aromatic nitrogens is 4. The molecular weight excluding hydrogens is 410 g/mol. The number of hydrogen-bond donors (Lipinski definition) is 2. The number of fused-ring (bicyclic) bond motifs is 1. The molecule has 1 aliphatic rings. The molecule has 0 bridgehead atoms. The maximum atomic E-state index is 13.2. The van der Waals surface area contributed by atoms with Crippen molar-refractivity contribution >= 4 is 5.78 Å². The number of ether oxygens (including phenoxy) is 3. The molecule has 1 aliphatic heterocycles. The van der Waals surface area contributed by atoms with Crippen LogP contribution in [0.15, 0.2) is 72.8 Å². The zero-order chi connectivity index (χ0) is 22.0. The highest BCUT2D eigenvalue weighted by molar-refractivity contribution is 6.11. The Balaban J connectivity index is 1.36. The lowest BCUT2D eigenvalue weighted by atomic mass is 10.0. The Morgan fingerprint density at radius 3 is 2.62 bits per heavy atom. The molecule has 0 aliphatic carbocycles. The largest absolute Gasteiger partial charge is 0.489 e. The van der Waals surface area contributed by atoms with Gasteiger partial charge in [-0.15, -0.1) is 10.2 Å². The van der Waals surface area contributed by atoms with E-state index in [1.807, 2.05) is 30.3 Å². The van der Waals surface area contributed by atoms with Crippen LogP contribution in [0.1, 0.15) is 27.3 Å². The van der Waals surface area contributed by atoms with Gasteiger partial charge in [0.25, 0.3) is 5.72 Å². The van der Waals surface area contributed by atoms with E-state index in [4.69, 9.17) is 19.9 Å². The summed E-state index contributed by atoms with van der Waals surface area (Å²) in [6.45, 7) is 0.421. The minimum atomic E-state index is -1.47. The molecule has 1 atom stereocenters. The van der Waals surface area contributed by atoms with Crippen molar-refractivity contribution in [1.29, 1.82) is 0 Å². The first-order valence-electron chi connectivity index (χ1n) is 9.91. The van der Waals surface area contributed by atoms with Crippen LogP contribution in [0.2, 0.25) is 0 Å². The lowest BCUT2D eigenvalue weighted by molar-refractivity contribution is -0.0154. The summed E-state index contributed by atoms with van der Waals surface area (Å²) in [5.41, 5.74) is 6.68. The summed E-state index contributed by atoms with van der Waals surface area (Å²) in [6.07, 6.45) is 0. The Labute approximate surface area is 183 Å². The van der Waals surface area contributed by atoms with Gasteiger partial charge in [0.1, 0.15) is 19.0 Å². The fraction of sp³-hybridized carbons (Fsp3) is 0.130. The van der Waals surface area contributed by atoms with Crippen molar-refractivity contribution < 1.29 is 19.0 Å². The van der Waals surface area contributed by atoms with E-state index in [-0.39, 0.29) is 24.0 Å². The molecule has 3 N–H and O–H groups in total. The van der Waals surface area contributed by atoms with Crippen LogP contribution in [0.3, 0.4) is 0 Å². The van der Waals surface area contributed by atoms with Crippen molar-refractivity contribution in [2.24, 2.45) is 5.73 Å². The predicted octanol–water partition coefficient (Wildman–Crippen LogP) is 2.59. The highest BCUT2D eigenvalue weighted by atomic mass is 16.6. The quantitative estimate of drug-likeness (QED) is 0.448. The molecule has 0 fully saturated rings. The molecule has 0 amide bonds. The number of rotatable bonds is 6. The smallest absolute Gasteiger partial charge is 0.257 e. The lowest BCUT2D eigenvalue weighted by Gasteiger charge is -2.33. The van der Waals surface area contributed by atoms with E-state index in [0.717, 1.165) is 5.56 Å². The second-order valence-corrected chi connectivity index (χ2v) is 7.28. The first kappa shape index (κ1) is 19.7. The first-order valence-corrected chi connectivity index (χ1v) is 9.91. The maximum absolute atomic E-state index is 13.2.